The van der Waals surface area contributed by atoms with E-state index in [-0.39, 0.29) is 27.9 Å². The van der Waals surface area contributed by atoms with E-state index in [2.05, 4.69) is 9.50 Å². The van der Waals surface area contributed by atoms with E-state index in [1.165, 1.54) is 45.0 Å². The molecule has 23 heteroatoms. The first-order chi connectivity index (χ1) is 31.8. The number of fused-ring (bicyclic) bond motifs is 2. The molecule has 0 amide bonds. The average molecular weight is 1020 g/mol. The van der Waals surface area contributed by atoms with E-state index in [1.807, 2.05) is 64.1 Å². The highest BCUT2D eigenvalue weighted by Gasteiger charge is 2.83. The van der Waals surface area contributed by atoms with Gasteiger partial charge in [0.05, 0.1) is 28.8 Å². The number of hydrogen-bond acceptors (Lipinski definition) is 13. The lowest BCUT2D eigenvalue weighted by Gasteiger charge is -2.30. The van der Waals surface area contributed by atoms with E-state index in [0.29, 0.717) is 26.9 Å². The third-order valence-electron chi connectivity index (χ3n) is 10.3. The maximum Gasteiger partial charge on any atom is 0.450 e. The van der Waals surface area contributed by atoms with Crippen molar-refractivity contribution >= 4 is 70.1 Å². The summed E-state index contributed by atoms with van der Waals surface area (Å²) in [5.41, 5.74) is 3.95. The number of halogens is 6. The predicted molar refractivity (Wildman–Crippen MR) is 243 cm³/mol. The van der Waals surface area contributed by atoms with Gasteiger partial charge < -0.3 is 18.7 Å². The van der Waals surface area contributed by atoms with Crippen molar-refractivity contribution in [1.82, 2.24) is 4.13 Å². The molecule has 4 aromatic carbocycles. The molecule has 14 nitrogen and oxygen atoms in total. The predicted octanol–water partition coefficient (Wildman–Crippen LogP) is 9.84. The molecular weight excluding hydrogens is 981 g/mol. The van der Waals surface area contributed by atoms with Gasteiger partial charge in [-0.1, -0.05) is 58.7 Å². The Morgan fingerprint density at radius 2 is 1.25 bits per heavy atom. The molecule has 0 bridgehead atoms. The van der Waals surface area contributed by atoms with Gasteiger partial charge in [0.1, 0.15) is 16.9 Å². The van der Waals surface area contributed by atoms with Crippen molar-refractivity contribution in [2.45, 2.75) is 88.2 Å². The average Bonchev–Trinajstić information content (AvgIpc) is 3.23. The van der Waals surface area contributed by atoms with E-state index in [1.54, 1.807) is 18.2 Å². The van der Waals surface area contributed by atoms with Crippen molar-refractivity contribution in [3.8, 4) is 22.5 Å². The first-order valence-corrected chi connectivity index (χ1v) is 24.8. The molecule has 4 aromatic rings. The molecule has 2 aliphatic rings. The Kier molecular flexibility index (Phi) is 14.0. The van der Waals surface area contributed by atoms with E-state index in [0.717, 1.165) is 40.1 Å². The van der Waals surface area contributed by atoms with Crippen LogP contribution < -0.4 is 14.8 Å². The second-order valence-corrected chi connectivity index (χ2v) is 22.0. The number of sulfonamides is 2. The number of para-hydroxylation sites is 2. The van der Waals surface area contributed by atoms with Crippen LogP contribution in [0.2, 0.25) is 0 Å². The largest absolute Gasteiger partial charge is 0.460 e. The normalized spacial score (nSPS) is 13.4. The summed E-state index contributed by atoms with van der Waals surface area (Å²) in [5.74, 6) is -11.0. The number of alkyl halides is 6. The number of carbonyl (C=O) groups is 2. The number of hydrogen-bond donors (Lipinski definition) is 2. The van der Waals surface area contributed by atoms with Crippen molar-refractivity contribution in [2.24, 2.45) is 4.99 Å². The van der Waals surface area contributed by atoms with Gasteiger partial charge in [-0.05, 0) is 101 Å². The molecule has 2 N–H and O–H groups in total. The molecule has 0 saturated heterocycles. The molecule has 1 aliphatic heterocycles. The minimum absolute atomic E-state index is 0.0231. The number of nitrogens with zero attached hydrogens (tertiary/aromatic N) is 1. The molecule has 0 radical (unpaired) electrons. The summed E-state index contributed by atoms with van der Waals surface area (Å²) in [6, 6.07) is 24.5. The number of nitrogens with one attached hydrogen (secondary N) is 2. The first kappa shape index (κ1) is 52.1. The highest BCUT2D eigenvalue weighted by molar-refractivity contribution is 8.05. The van der Waals surface area contributed by atoms with Gasteiger partial charge in [-0.2, -0.15) is 34.8 Å². The molecule has 6 rings (SSSR count). The molecule has 69 heavy (non-hydrogen) atoms. The Morgan fingerprint density at radius 1 is 0.667 bits per heavy atom. The van der Waals surface area contributed by atoms with Crippen LogP contribution in [0.5, 0.6) is 0 Å². The van der Waals surface area contributed by atoms with Crippen LogP contribution in [0.25, 0.3) is 33.4 Å². The fourth-order valence-corrected chi connectivity index (χ4v) is 11.1. The molecule has 0 aromatic heterocycles. The first-order valence-electron chi connectivity index (χ1n) is 20.4. The standard InChI is InChI=1S/C46H43F6N3O11S3/c1-26-12-10-13-27(2)41(26)53-30-18-20-32-35(24-30)64-36-25-31(54-42-28(3)14-11-15-29(42)4)19-21-33(36)40(32)34-16-8-9-17-37(34)67(58,59)55-68(60,61)45(49,50)44(47,48)46(51,52)69(62,63)66-39(57)23-22-38(56)65-43(5,6)7/h8-21,24-25,53,55H,22-23H2,1-7H3. The Balaban J connectivity index is 1.43. The van der Waals surface area contributed by atoms with Gasteiger partial charge in [0, 0.05) is 45.6 Å². The van der Waals surface area contributed by atoms with Crippen LogP contribution in [0.3, 0.4) is 0 Å². The Bertz CT molecular complexity index is 3370. The number of aryl methyl sites for hydroxylation is 4. The number of esters is 1. The van der Waals surface area contributed by atoms with Crippen molar-refractivity contribution in [1.29, 1.82) is 0 Å². The number of anilines is 2. The molecule has 0 atom stereocenters. The second-order valence-electron chi connectivity index (χ2n) is 16.8. The number of rotatable bonds is 15. The third-order valence-corrected chi connectivity index (χ3v) is 15.3. The van der Waals surface area contributed by atoms with Crippen LogP contribution in [0, 0.1) is 27.7 Å². The molecule has 1 heterocycles. The topological polar surface area (TPSA) is 205 Å². The third kappa shape index (κ3) is 10.4. The van der Waals surface area contributed by atoms with Crippen molar-refractivity contribution < 1.29 is 74.5 Å². The second kappa shape index (κ2) is 18.6. The summed E-state index contributed by atoms with van der Waals surface area (Å²) in [7, 11) is -21.2. The zero-order valence-corrected chi connectivity index (χ0v) is 40.0. The quantitative estimate of drug-likeness (QED) is 0.0427. The summed E-state index contributed by atoms with van der Waals surface area (Å²) in [4.78, 5) is 27.5. The summed E-state index contributed by atoms with van der Waals surface area (Å²) in [6.45, 7) is 11.6. The minimum atomic E-state index is -7.61. The Labute approximate surface area is 392 Å². The maximum absolute atomic E-state index is 15.5. The van der Waals surface area contributed by atoms with Crippen LogP contribution in [0.15, 0.2) is 111 Å². The van der Waals surface area contributed by atoms with Crippen molar-refractivity contribution in [3.63, 3.8) is 0 Å². The van der Waals surface area contributed by atoms with Gasteiger partial charge in [-0.15, -0.1) is 0 Å². The SMILES string of the molecule is Cc1cccc(C)c1N=c1ccc2c(-c3ccccc3S(=O)(=O)NS(=O)(=O)C(F)(F)C(F)(F)C(F)(F)S(=O)(=O)OC(=O)CCC(=O)OC(C)(C)C)c3ccc(Nc4c(C)cccc4C)cc3oc-2c1. The van der Waals surface area contributed by atoms with Gasteiger partial charge in [-0.3, -0.25) is 9.59 Å². The molecular formula is C46H43F6N3O11S3. The lowest BCUT2D eigenvalue weighted by atomic mass is 9.93. The summed E-state index contributed by atoms with van der Waals surface area (Å²) < 4.78 is 185. The van der Waals surface area contributed by atoms with E-state index in [9.17, 15) is 34.8 Å². The van der Waals surface area contributed by atoms with Gasteiger partial charge >= 0.3 is 38.5 Å². The molecule has 1 aliphatic carbocycles. The van der Waals surface area contributed by atoms with Crippen LogP contribution in [0.4, 0.5) is 43.4 Å². The van der Waals surface area contributed by atoms with Gasteiger partial charge in [-0.25, -0.2) is 21.8 Å². The zero-order valence-electron chi connectivity index (χ0n) is 37.6. The van der Waals surface area contributed by atoms with Gasteiger partial charge in [0.15, 0.2) is 0 Å². The summed E-state index contributed by atoms with van der Waals surface area (Å²) >= 11 is 0. The molecule has 0 fully saturated rings. The Hall–Kier alpha value is -6.30. The maximum atomic E-state index is 15.5. The molecule has 0 saturated carbocycles. The highest BCUT2D eigenvalue weighted by atomic mass is 32.3. The Morgan fingerprint density at radius 3 is 1.86 bits per heavy atom. The minimum Gasteiger partial charge on any atom is -0.460 e. The van der Waals surface area contributed by atoms with E-state index in [4.69, 9.17) is 14.1 Å². The molecule has 0 unspecified atom stereocenters. The zero-order chi connectivity index (χ0) is 51.3. The van der Waals surface area contributed by atoms with Crippen molar-refractivity contribution in [3.05, 3.63) is 125 Å². The van der Waals surface area contributed by atoms with E-state index < -0.39 is 87.4 Å². The van der Waals surface area contributed by atoms with Crippen LogP contribution in [-0.4, -0.2) is 59.2 Å². The smallest absolute Gasteiger partial charge is 0.450 e. The lowest BCUT2D eigenvalue weighted by molar-refractivity contribution is -0.246. The van der Waals surface area contributed by atoms with Crippen LogP contribution in [0.1, 0.15) is 55.9 Å². The summed E-state index contributed by atoms with van der Waals surface area (Å²) in [5, 5.41) is -10.7. The van der Waals surface area contributed by atoms with E-state index >= 15 is 26.3 Å². The van der Waals surface area contributed by atoms with Crippen LogP contribution in [-0.2, 0) is 48.7 Å². The number of benzene rings is 5. The fourth-order valence-electron chi connectivity index (χ4n) is 7.04. The summed E-state index contributed by atoms with van der Waals surface area (Å²) in [6.07, 6.45) is -2.43. The lowest BCUT2D eigenvalue weighted by Crippen LogP contribution is -2.63. The van der Waals surface area contributed by atoms with Gasteiger partial charge in [0.25, 0.3) is 20.0 Å². The van der Waals surface area contributed by atoms with Crippen LogP contribution >= 0.6 is 0 Å². The molecule has 0 spiro atoms. The van der Waals surface area contributed by atoms with Crippen molar-refractivity contribution in [2.75, 3.05) is 5.32 Å². The fraction of sp³-hybridized carbons (Fsp3) is 0.283. The highest BCUT2D eigenvalue weighted by Crippen LogP contribution is 2.52. The van der Waals surface area contributed by atoms with Gasteiger partial charge in [0.2, 0.25) is 0 Å². The molecule has 368 valence electrons. The monoisotopic (exact) mass is 1020 g/mol. The number of carbonyl (C=O) groups excluding carboxylic acids is 2. The number of ether oxygens (including phenoxy) is 1.